The minimum Gasteiger partial charge on any atom is -0.496 e. The van der Waals surface area contributed by atoms with Crippen LogP contribution in [0.2, 0.25) is 0 Å². The van der Waals surface area contributed by atoms with Gasteiger partial charge in [0.25, 0.3) is 5.91 Å². The third-order valence-electron chi connectivity index (χ3n) is 3.33. The lowest BCUT2D eigenvalue weighted by Gasteiger charge is -2.28. The van der Waals surface area contributed by atoms with Crippen LogP contribution in [-0.2, 0) is 0 Å². The largest absolute Gasteiger partial charge is 0.496 e. The van der Waals surface area contributed by atoms with E-state index < -0.39 is 17.9 Å². The zero-order valence-electron chi connectivity index (χ0n) is 11.1. The van der Waals surface area contributed by atoms with E-state index in [0.29, 0.717) is 11.4 Å². The quantitative estimate of drug-likeness (QED) is 0.872. The van der Waals surface area contributed by atoms with Gasteiger partial charge >= 0.3 is 0 Å². The van der Waals surface area contributed by atoms with Crippen LogP contribution < -0.4 is 15.4 Å². The molecule has 1 atom stereocenters. The van der Waals surface area contributed by atoms with Crippen LogP contribution in [0, 0.1) is 5.82 Å². The Kier molecular flexibility index (Phi) is 3.55. The minimum atomic E-state index is -0.535. The van der Waals surface area contributed by atoms with Gasteiger partial charge in [0.05, 0.1) is 22.8 Å². The van der Waals surface area contributed by atoms with Crippen LogP contribution in [0.25, 0.3) is 0 Å². The second-order valence-corrected chi connectivity index (χ2v) is 5.46. The van der Waals surface area contributed by atoms with Crippen LogP contribution in [0.1, 0.15) is 22.1 Å². The van der Waals surface area contributed by atoms with Gasteiger partial charge in [-0.3, -0.25) is 4.79 Å². The molecule has 1 aliphatic heterocycles. The van der Waals surface area contributed by atoms with Crippen LogP contribution in [0.5, 0.6) is 5.75 Å². The third kappa shape index (κ3) is 2.47. The van der Waals surface area contributed by atoms with E-state index in [1.165, 1.54) is 6.07 Å². The predicted octanol–water partition coefficient (Wildman–Crippen LogP) is 3.45. The Balaban J connectivity index is 1.96. The number of fused-ring (bicyclic) bond motifs is 1. The van der Waals surface area contributed by atoms with Gasteiger partial charge in [-0.05, 0) is 45.8 Å². The topological polar surface area (TPSA) is 50.4 Å². The number of rotatable bonds is 2. The molecule has 108 valence electrons. The fourth-order valence-electron chi connectivity index (χ4n) is 2.30. The molecule has 0 radical (unpaired) electrons. The van der Waals surface area contributed by atoms with Gasteiger partial charge in [0.1, 0.15) is 17.7 Å². The molecule has 3 rings (SSSR count). The molecule has 2 aromatic rings. The van der Waals surface area contributed by atoms with Gasteiger partial charge in [0, 0.05) is 0 Å². The summed E-state index contributed by atoms with van der Waals surface area (Å²) in [5, 5.41) is 5.86. The van der Waals surface area contributed by atoms with E-state index in [9.17, 15) is 9.18 Å². The Hall–Kier alpha value is -2.08. The normalized spacial score (nSPS) is 16.7. The van der Waals surface area contributed by atoms with Crippen molar-refractivity contribution in [3.63, 3.8) is 0 Å². The molecule has 21 heavy (non-hydrogen) atoms. The highest BCUT2D eigenvalue weighted by atomic mass is 79.9. The SMILES string of the molecule is COc1ccc(C2NC(=O)c3c(F)cccc3N2)cc1Br. The number of anilines is 1. The Bertz CT molecular complexity index is 721. The highest BCUT2D eigenvalue weighted by Gasteiger charge is 2.27. The fourth-order valence-corrected chi connectivity index (χ4v) is 2.86. The maximum atomic E-state index is 13.7. The molecule has 0 aromatic heterocycles. The van der Waals surface area contributed by atoms with Crippen molar-refractivity contribution in [2.75, 3.05) is 12.4 Å². The van der Waals surface area contributed by atoms with E-state index in [2.05, 4.69) is 26.6 Å². The number of hydrogen-bond donors (Lipinski definition) is 2. The van der Waals surface area contributed by atoms with Gasteiger partial charge in [-0.15, -0.1) is 0 Å². The van der Waals surface area contributed by atoms with Crippen molar-refractivity contribution in [2.45, 2.75) is 6.17 Å². The molecule has 0 fully saturated rings. The number of carbonyl (C=O) groups excluding carboxylic acids is 1. The summed E-state index contributed by atoms with van der Waals surface area (Å²) in [6.45, 7) is 0. The first-order valence-corrected chi connectivity index (χ1v) is 7.09. The summed E-state index contributed by atoms with van der Waals surface area (Å²) in [7, 11) is 1.58. The predicted molar refractivity (Wildman–Crippen MR) is 80.9 cm³/mol. The van der Waals surface area contributed by atoms with Crippen molar-refractivity contribution in [1.82, 2.24) is 5.32 Å². The number of carbonyl (C=O) groups is 1. The van der Waals surface area contributed by atoms with Crippen molar-refractivity contribution in [2.24, 2.45) is 0 Å². The summed E-state index contributed by atoms with van der Waals surface area (Å²) < 4.78 is 19.6. The van der Waals surface area contributed by atoms with Gasteiger partial charge in [0.2, 0.25) is 0 Å². The van der Waals surface area contributed by atoms with Gasteiger partial charge in [-0.25, -0.2) is 4.39 Å². The van der Waals surface area contributed by atoms with E-state index in [1.807, 2.05) is 12.1 Å². The Morgan fingerprint density at radius 2 is 2.05 bits per heavy atom. The standard InChI is InChI=1S/C15H12BrFN2O2/c1-21-12-6-5-8(7-9(12)16)14-18-11-4-2-3-10(17)13(11)15(20)19-14/h2-7,14,18H,1H3,(H,19,20). The fraction of sp³-hybridized carbons (Fsp3) is 0.133. The number of hydrogen-bond acceptors (Lipinski definition) is 3. The van der Waals surface area contributed by atoms with Crippen molar-refractivity contribution < 1.29 is 13.9 Å². The molecule has 4 nitrogen and oxygen atoms in total. The lowest BCUT2D eigenvalue weighted by molar-refractivity contribution is 0.0931. The second kappa shape index (κ2) is 5.37. The van der Waals surface area contributed by atoms with Crippen LogP contribution >= 0.6 is 15.9 Å². The molecule has 0 saturated heterocycles. The summed E-state index contributed by atoms with van der Waals surface area (Å²) >= 11 is 3.41. The smallest absolute Gasteiger partial charge is 0.258 e. The molecule has 0 aliphatic carbocycles. The molecular weight excluding hydrogens is 339 g/mol. The summed E-state index contributed by atoms with van der Waals surface area (Å²) in [6.07, 6.45) is -0.422. The van der Waals surface area contributed by atoms with E-state index in [1.54, 1.807) is 25.3 Å². The maximum absolute atomic E-state index is 13.7. The van der Waals surface area contributed by atoms with E-state index >= 15 is 0 Å². The molecular formula is C15H12BrFN2O2. The third-order valence-corrected chi connectivity index (χ3v) is 3.94. The van der Waals surface area contributed by atoms with Crippen LogP contribution in [0.15, 0.2) is 40.9 Å². The van der Waals surface area contributed by atoms with Crippen molar-refractivity contribution >= 4 is 27.5 Å². The average molecular weight is 351 g/mol. The molecule has 1 heterocycles. The van der Waals surface area contributed by atoms with E-state index in [-0.39, 0.29) is 5.56 Å². The summed E-state index contributed by atoms with van der Waals surface area (Å²) in [5.41, 5.74) is 1.36. The van der Waals surface area contributed by atoms with Crippen molar-refractivity contribution in [3.8, 4) is 5.75 Å². The van der Waals surface area contributed by atoms with Gasteiger partial charge < -0.3 is 15.4 Å². The van der Waals surface area contributed by atoms with Crippen LogP contribution in [-0.4, -0.2) is 13.0 Å². The van der Waals surface area contributed by atoms with Gasteiger partial charge in [0.15, 0.2) is 0 Å². The van der Waals surface area contributed by atoms with Crippen molar-refractivity contribution in [3.05, 3.63) is 57.8 Å². The second-order valence-electron chi connectivity index (χ2n) is 4.61. The summed E-state index contributed by atoms with van der Waals surface area (Å²) in [5.74, 6) is -0.266. The minimum absolute atomic E-state index is 0.0429. The highest BCUT2D eigenvalue weighted by molar-refractivity contribution is 9.10. The number of methoxy groups -OCH3 is 1. The molecule has 0 bridgehead atoms. The van der Waals surface area contributed by atoms with E-state index in [4.69, 9.17) is 4.74 Å². The molecule has 2 aromatic carbocycles. The number of amides is 1. The number of benzene rings is 2. The van der Waals surface area contributed by atoms with Crippen LogP contribution in [0.4, 0.5) is 10.1 Å². The number of halogens is 2. The van der Waals surface area contributed by atoms with Gasteiger partial charge in [-0.1, -0.05) is 12.1 Å². The zero-order valence-corrected chi connectivity index (χ0v) is 12.7. The number of ether oxygens (including phenoxy) is 1. The Morgan fingerprint density at radius 1 is 1.24 bits per heavy atom. The lowest BCUT2D eigenvalue weighted by atomic mass is 10.1. The monoisotopic (exact) mass is 350 g/mol. The molecule has 0 spiro atoms. The van der Waals surface area contributed by atoms with E-state index in [0.717, 1.165) is 10.0 Å². The Labute approximate surface area is 129 Å². The molecule has 1 amide bonds. The van der Waals surface area contributed by atoms with Gasteiger partial charge in [-0.2, -0.15) is 0 Å². The Morgan fingerprint density at radius 3 is 2.76 bits per heavy atom. The zero-order chi connectivity index (χ0) is 15.0. The molecule has 1 unspecified atom stereocenters. The van der Waals surface area contributed by atoms with Crippen LogP contribution in [0.3, 0.4) is 0 Å². The highest BCUT2D eigenvalue weighted by Crippen LogP contribution is 2.32. The molecule has 1 aliphatic rings. The lowest BCUT2D eigenvalue weighted by Crippen LogP contribution is -2.39. The molecule has 0 saturated carbocycles. The molecule has 2 N–H and O–H groups in total. The van der Waals surface area contributed by atoms with Crippen molar-refractivity contribution in [1.29, 1.82) is 0 Å². The average Bonchev–Trinajstić information content (AvgIpc) is 2.46. The first kappa shape index (κ1) is 13.9. The first-order chi connectivity index (χ1) is 10.1. The maximum Gasteiger partial charge on any atom is 0.258 e. The molecule has 6 heteroatoms. The first-order valence-electron chi connectivity index (χ1n) is 6.29. The summed E-state index contributed by atoms with van der Waals surface area (Å²) in [6, 6.07) is 10.0. The summed E-state index contributed by atoms with van der Waals surface area (Å²) in [4.78, 5) is 12.1. The number of nitrogens with one attached hydrogen (secondary N) is 2.